The third kappa shape index (κ3) is 3.51. The number of likely N-dealkylation sites (N-methyl/N-ethyl adjacent to an activating group) is 1. The van der Waals surface area contributed by atoms with E-state index in [4.69, 9.17) is 5.11 Å². The topological polar surface area (TPSA) is 66.3 Å². The molecule has 0 saturated carbocycles. The number of carbonyl (C=O) groups is 1. The Bertz CT molecular complexity index is 540. The third-order valence-corrected chi connectivity index (χ3v) is 2.84. The van der Waals surface area contributed by atoms with Crippen molar-refractivity contribution in [2.75, 3.05) is 18.5 Å². The van der Waals surface area contributed by atoms with Crippen LogP contribution in [0.15, 0.2) is 42.5 Å². The lowest BCUT2D eigenvalue weighted by atomic mass is 10.1. The van der Waals surface area contributed by atoms with Crippen LogP contribution in [0.5, 0.6) is 0 Å². The predicted octanol–water partition coefficient (Wildman–Crippen LogP) is 1.85. The molecule has 2 rings (SSSR count). The second kappa shape index (κ2) is 5.95. The van der Waals surface area contributed by atoms with E-state index in [1.165, 1.54) is 11.6 Å². The maximum Gasteiger partial charge on any atom is 0.356 e. The van der Waals surface area contributed by atoms with Crippen molar-refractivity contribution in [3.63, 3.8) is 0 Å². The molecule has 1 heterocycles. The summed E-state index contributed by atoms with van der Waals surface area (Å²) in [6.45, 7) is 0.797. The average molecular weight is 257 g/mol. The average Bonchev–Trinajstić information content (AvgIpc) is 2.46. The summed E-state index contributed by atoms with van der Waals surface area (Å²) >= 11 is 0. The molecule has 5 nitrogen and oxygen atoms in total. The third-order valence-electron chi connectivity index (χ3n) is 2.84. The van der Waals surface area contributed by atoms with Gasteiger partial charge in [-0.05, 0) is 24.1 Å². The molecule has 0 saturated heterocycles. The molecule has 0 atom stereocenters. The standard InChI is InChI=1S/C14H15N3O2/c1-17(10-9-11-5-3-2-4-6-11)13-8-7-12(14(18)19)15-16-13/h2-8H,9-10H2,1H3,(H,18,19). The highest BCUT2D eigenvalue weighted by atomic mass is 16.4. The van der Waals surface area contributed by atoms with Gasteiger partial charge in [-0.15, -0.1) is 10.2 Å². The first-order chi connectivity index (χ1) is 9.16. The smallest absolute Gasteiger partial charge is 0.356 e. The number of hydrogen-bond acceptors (Lipinski definition) is 4. The van der Waals surface area contributed by atoms with E-state index in [1.807, 2.05) is 30.1 Å². The molecule has 0 radical (unpaired) electrons. The fraction of sp³-hybridized carbons (Fsp3) is 0.214. The van der Waals surface area contributed by atoms with Crippen molar-refractivity contribution in [3.8, 4) is 0 Å². The minimum atomic E-state index is -1.06. The van der Waals surface area contributed by atoms with Gasteiger partial charge in [0.05, 0.1) is 0 Å². The largest absolute Gasteiger partial charge is 0.476 e. The molecule has 1 aromatic heterocycles. The van der Waals surface area contributed by atoms with Crippen molar-refractivity contribution in [2.45, 2.75) is 6.42 Å². The van der Waals surface area contributed by atoms with Crippen LogP contribution >= 0.6 is 0 Å². The van der Waals surface area contributed by atoms with Crippen molar-refractivity contribution in [2.24, 2.45) is 0 Å². The second-order valence-corrected chi connectivity index (χ2v) is 4.24. The summed E-state index contributed by atoms with van der Waals surface area (Å²) in [6, 6.07) is 13.3. The van der Waals surface area contributed by atoms with Gasteiger partial charge < -0.3 is 10.0 Å². The highest BCUT2D eigenvalue weighted by Crippen LogP contribution is 2.09. The molecule has 0 spiro atoms. The van der Waals surface area contributed by atoms with E-state index in [9.17, 15) is 4.79 Å². The molecule has 5 heteroatoms. The number of benzene rings is 1. The van der Waals surface area contributed by atoms with Crippen LogP contribution < -0.4 is 4.90 Å². The Hall–Kier alpha value is -2.43. The van der Waals surface area contributed by atoms with Crippen LogP contribution in [0.3, 0.4) is 0 Å². The molecule has 0 aliphatic heterocycles. The Labute approximate surface area is 111 Å². The molecule has 0 unspecified atom stereocenters. The van der Waals surface area contributed by atoms with Gasteiger partial charge in [0.1, 0.15) is 0 Å². The number of aromatic carboxylic acids is 1. The zero-order valence-corrected chi connectivity index (χ0v) is 10.7. The summed E-state index contributed by atoms with van der Waals surface area (Å²) in [5, 5.41) is 16.3. The highest BCUT2D eigenvalue weighted by Gasteiger charge is 2.07. The summed E-state index contributed by atoms with van der Waals surface area (Å²) in [5.41, 5.74) is 1.21. The minimum Gasteiger partial charge on any atom is -0.476 e. The van der Waals surface area contributed by atoms with Crippen LogP contribution in [0, 0.1) is 0 Å². The highest BCUT2D eigenvalue weighted by molar-refractivity contribution is 5.85. The maximum absolute atomic E-state index is 10.7. The van der Waals surface area contributed by atoms with E-state index in [0.717, 1.165) is 13.0 Å². The number of anilines is 1. The van der Waals surface area contributed by atoms with E-state index in [-0.39, 0.29) is 5.69 Å². The van der Waals surface area contributed by atoms with Crippen molar-refractivity contribution in [1.82, 2.24) is 10.2 Å². The van der Waals surface area contributed by atoms with E-state index >= 15 is 0 Å². The molecule has 2 aromatic rings. The number of aromatic nitrogens is 2. The van der Waals surface area contributed by atoms with Crippen molar-refractivity contribution >= 4 is 11.8 Å². The number of carboxylic acid groups (broad SMARTS) is 1. The fourth-order valence-corrected chi connectivity index (χ4v) is 1.70. The van der Waals surface area contributed by atoms with Gasteiger partial charge in [0.2, 0.25) is 0 Å². The van der Waals surface area contributed by atoms with Gasteiger partial charge >= 0.3 is 5.97 Å². The van der Waals surface area contributed by atoms with Gasteiger partial charge in [0.25, 0.3) is 0 Å². The van der Waals surface area contributed by atoms with Gasteiger partial charge in [0, 0.05) is 13.6 Å². The van der Waals surface area contributed by atoms with Crippen LogP contribution in [0.1, 0.15) is 16.1 Å². The number of hydrogen-bond donors (Lipinski definition) is 1. The molecule has 0 aliphatic rings. The van der Waals surface area contributed by atoms with E-state index in [0.29, 0.717) is 5.82 Å². The Kier molecular flexibility index (Phi) is 4.07. The Morgan fingerprint density at radius 2 is 1.89 bits per heavy atom. The molecule has 0 bridgehead atoms. The molecule has 0 aliphatic carbocycles. The first-order valence-corrected chi connectivity index (χ1v) is 5.99. The van der Waals surface area contributed by atoms with E-state index in [1.54, 1.807) is 6.07 Å². The van der Waals surface area contributed by atoms with Gasteiger partial charge in [-0.25, -0.2) is 4.79 Å². The molecule has 98 valence electrons. The molecule has 0 amide bonds. The zero-order valence-electron chi connectivity index (χ0n) is 10.7. The maximum atomic E-state index is 10.7. The predicted molar refractivity (Wildman–Crippen MR) is 72.4 cm³/mol. The van der Waals surface area contributed by atoms with Crippen molar-refractivity contribution in [1.29, 1.82) is 0 Å². The summed E-state index contributed by atoms with van der Waals surface area (Å²) < 4.78 is 0. The van der Waals surface area contributed by atoms with Crippen LogP contribution in [-0.4, -0.2) is 34.9 Å². The lowest BCUT2D eigenvalue weighted by Crippen LogP contribution is -2.22. The molecule has 1 N–H and O–H groups in total. The van der Waals surface area contributed by atoms with Gasteiger partial charge in [-0.2, -0.15) is 0 Å². The minimum absolute atomic E-state index is 0.0415. The SMILES string of the molecule is CN(CCc1ccccc1)c1ccc(C(=O)O)nn1. The zero-order chi connectivity index (χ0) is 13.7. The van der Waals surface area contributed by atoms with Crippen LogP contribution in [0.25, 0.3) is 0 Å². The molecule has 1 aromatic carbocycles. The summed E-state index contributed by atoms with van der Waals surface area (Å²) in [7, 11) is 1.91. The fourth-order valence-electron chi connectivity index (χ4n) is 1.70. The summed E-state index contributed by atoms with van der Waals surface area (Å²) in [5.74, 6) is -0.396. The Balaban J connectivity index is 1.96. The number of carboxylic acids is 1. The Morgan fingerprint density at radius 3 is 2.47 bits per heavy atom. The monoisotopic (exact) mass is 257 g/mol. The lowest BCUT2D eigenvalue weighted by Gasteiger charge is -2.17. The summed E-state index contributed by atoms with van der Waals surface area (Å²) in [4.78, 5) is 12.6. The summed E-state index contributed by atoms with van der Waals surface area (Å²) in [6.07, 6.45) is 0.902. The van der Waals surface area contributed by atoms with Crippen LogP contribution in [0.2, 0.25) is 0 Å². The van der Waals surface area contributed by atoms with Gasteiger partial charge in [0.15, 0.2) is 11.5 Å². The van der Waals surface area contributed by atoms with Crippen molar-refractivity contribution < 1.29 is 9.90 Å². The van der Waals surface area contributed by atoms with Crippen LogP contribution in [0.4, 0.5) is 5.82 Å². The first-order valence-electron chi connectivity index (χ1n) is 5.99. The van der Waals surface area contributed by atoms with Crippen molar-refractivity contribution in [3.05, 3.63) is 53.7 Å². The quantitative estimate of drug-likeness (QED) is 0.885. The number of rotatable bonds is 5. The van der Waals surface area contributed by atoms with Crippen LogP contribution in [-0.2, 0) is 6.42 Å². The molecule has 19 heavy (non-hydrogen) atoms. The van der Waals surface area contributed by atoms with E-state index < -0.39 is 5.97 Å². The first kappa shape index (κ1) is 13.0. The Morgan fingerprint density at radius 1 is 1.16 bits per heavy atom. The normalized spacial score (nSPS) is 10.2. The van der Waals surface area contributed by atoms with Gasteiger partial charge in [-0.3, -0.25) is 0 Å². The lowest BCUT2D eigenvalue weighted by molar-refractivity contribution is 0.0689. The molecular weight excluding hydrogens is 242 g/mol. The second-order valence-electron chi connectivity index (χ2n) is 4.24. The van der Waals surface area contributed by atoms with Gasteiger partial charge in [-0.1, -0.05) is 30.3 Å². The van der Waals surface area contributed by atoms with E-state index in [2.05, 4.69) is 22.3 Å². The molecular formula is C14H15N3O2. The number of nitrogens with zero attached hydrogens (tertiary/aromatic N) is 3. The molecule has 0 fully saturated rings.